The van der Waals surface area contributed by atoms with Crippen LogP contribution in [0.4, 0.5) is 5.69 Å². The summed E-state index contributed by atoms with van der Waals surface area (Å²) < 4.78 is 16.4. The molecule has 0 fully saturated rings. The Morgan fingerprint density at radius 3 is 2.55 bits per heavy atom. The second-order valence-corrected chi connectivity index (χ2v) is 4.29. The van der Waals surface area contributed by atoms with Gasteiger partial charge in [0.25, 0.3) is 0 Å². The van der Waals surface area contributed by atoms with Crippen LogP contribution in [0.1, 0.15) is 5.56 Å². The predicted octanol–water partition coefficient (Wildman–Crippen LogP) is 2.87. The van der Waals surface area contributed by atoms with E-state index in [0.717, 1.165) is 17.1 Å². The molecule has 4 nitrogen and oxygen atoms in total. The molecule has 0 saturated carbocycles. The van der Waals surface area contributed by atoms with Gasteiger partial charge in [0, 0.05) is 17.3 Å². The molecule has 0 aromatic heterocycles. The van der Waals surface area contributed by atoms with Gasteiger partial charge in [0.2, 0.25) is 0 Å². The molecular weight excluding hydrogens is 254 g/mol. The van der Waals surface area contributed by atoms with Crippen molar-refractivity contribution in [3.05, 3.63) is 54.1 Å². The van der Waals surface area contributed by atoms with Crippen LogP contribution in [0.25, 0.3) is 0 Å². The molecule has 20 heavy (non-hydrogen) atoms. The first-order valence-corrected chi connectivity index (χ1v) is 6.47. The number of rotatable bonds is 7. The van der Waals surface area contributed by atoms with Crippen LogP contribution in [-0.4, -0.2) is 20.3 Å². The highest BCUT2D eigenvalue weighted by Crippen LogP contribution is 2.22. The van der Waals surface area contributed by atoms with Crippen molar-refractivity contribution in [1.29, 1.82) is 0 Å². The molecule has 0 aliphatic heterocycles. The van der Waals surface area contributed by atoms with E-state index < -0.39 is 0 Å². The van der Waals surface area contributed by atoms with Gasteiger partial charge in [0.1, 0.15) is 18.1 Å². The highest BCUT2D eigenvalue weighted by atomic mass is 16.5. The van der Waals surface area contributed by atoms with Crippen LogP contribution in [0.15, 0.2) is 48.5 Å². The summed E-state index contributed by atoms with van der Waals surface area (Å²) in [5.74, 6) is 1.59. The zero-order chi connectivity index (χ0) is 14.2. The standard InChI is InChI=1S/C16H19NO3/c1-18-16-11-14(17)8-7-13(16)12-19-9-10-20-15-5-3-2-4-6-15/h2-8,11H,9-10,12,17H2,1H3. The summed E-state index contributed by atoms with van der Waals surface area (Å²) in [6, 6.07) is 15.2. The zero-order valence-corrected chi connectivity index (χ0v) is 11.5. The van der Waals surface area contributed by atoms with E-state index >= 15 is 0 Å². The fourth-order valence-corrected chi connectivity index (χ4v) is 1.80. The third-order valence-corrected chi connectivity index (χ3v) is 2.81. The first-order valence-electron chi connectivity index (χ1n) is 6.47. The minimum absolute atomic E-state index is 0.474. The van der Waals surface area contributed by atoms with E-state index in [1.165, 1.54) is 0 Å². The molecule has 0 heterocycles. The summed E-state index contributed by atoms with van der Waals surface area (Å²) in [5, 5.41) is 0. The lowest BCUT2D eigenvalue weighted by Crippen LogP contribution is -2.07. The number of para-hydroxylation sites is 1. The third-order valence-electron chi connectivity index (χ3n) is 2.81. The first kappa shape index (κ1) is 14.2. The Bertz CT molecular complexity index is 529. The van der Waals surface area contributed by atoms with Crippen LogP contribution >= 0.6 is 0 Å². The maximum absolute atomic E-state index is 5.70. The van der Waals surface area contributed by atoms with E-state index in [-0.39, 0.29) is 0 Å². The zero-order valence-electron chi connectivity index (χ0n) is 11.5. The number of methoxy groups -OCH3 is 1. The molecule has 2 rings (SSSR count). The van der Waals surface area contributed by atoms with Crippen LogP contribution in [0, 0.1) is 0 Å². The van der Waals surface area contributed by atoms with Gasteiger partial charge in [-0.1, -0.05) is 24.3 Å². The van der Waals surface area contributed by atoms with Gasteiger partial charge >= 0.3 is 0 Å². The summed E-state index contributed by atoms with van der Waals surface area (Å²) in [4.78, 5) is 0. The average Bonchev–Trinajstić information content (AvgIpc) is 2.49. The van der Waals surface area contributed by atoms with E-state index in [2.05, 4.69) is 0 Å². The van der Waals surface area contributed by atoms with Crippen molar-refractivity contribution < 1.29 is 14.2 Å². The molecule has 4 heteroatoms. The monoisotopic (exact) mass is 273 g/mol. The van der Waals surface area contributed by atoms with Gasteiger partial charge in [-0.25, -0.2) is 0 Å². The van der Waals surface area contributed by atoms with E-state index in [1.54, 1.807) is 13.2 Å². The Kier molecular flexibility index (Phi) is 5.26. The van der Waals surface area contributed by atoms with Gasteiger partial charge in [-0.15, -0.1) is 0 Å². The molecule has 0 atom stereocenters. The molecule has 0 aliphatic carbocycles. The number of anilines is 1. The van der Waals surface area contributed by atoms with Gasteiger partial charge < -0.3 is 19.9 Å². The molecule has 0 bridgehead atoms. The Labute approximate surface area is 119 Å². The second-order valence-electron chi connectivity index (χ2n) is 4.29. The Morgan fingerprint density at radius 1 is 1.00 bits per heavy atom. The quantitative estimate of drug-likeness (QED) is 0.622. The normalized spacial score (nSPS) is 10.2. The van der Waals surface area contributed by atoms with Crippen molar-refractivity contribution in [2.24, 2.45) is 0 Å². The van der Waals surface area contributed by atoms with Crippen molar-refractivity contribution in [3.8, 4) is 11.5 Å². The number of ether oxygens (including phenoxy) is 3. The third kappa shape index (κ3) is 4.17. The van der Waals surface area contributed by atoms with Gasteiger partial charge in [0.15, 0.2) is 0 Å². The number of nitrogens with two attached hydrogens (primary N) is 1. The average molecular weight is 273 g/mol. The lowest BCUT2D eigenvalue weighted by molar-refractivity contribution is 0.0876. The van der Waals surface area contributed by atoms with Crippen molar-refractivity contribution in [2.75, 3.05) is 26.1 Å². The van der Waals surface area contributed by atoms with Crippen molar-refractivity contribution in [2.45, 2.75) is 6.61 Å². The molecule has 0 unspecified atom stereocenters. The van der Waals surface area contributed by atoms with Crippen LogP contribution < -0.4 is 15.2 Å². The van der Waals surface area contributed by atoms with Crippen molar-refractivity contribution in [1.82, 2.24) is 0 Å². The molecule has 2 aromatic carbocycles. The van der Waals surface area contributed by atoms with Crippen LogP contribution in [0.3, 0.4) is 0 Å². The molecule has 2 aromatic rings. The molecule has 2 N–H and O–H groups in total. The largest absolute Gasteiger partial charge is 0.496 e. The Morgan fingerprint density at radius 2 is 1.80 bits per heavy atom. The summed E-state index contributed by atoms with van der Waals surface area (Å²) >= 11 is 0. The molecule has 0 aliphatic rings. The van der Waals surface area contributed by atoms with Crippen LogP contribution in [-0.2, 0) is 11.3 Å². The van der Waals surface area contributed by atoms with E-state index in [1.807, 2.05) is 42.5 Å². The highest BCUT2D eigenvalue weighted by molar-refractivity contribution is 5.48. The topological polar surface area (TPSA) is 53.7 Å². The maximum Gasteiger partial charge on any atom is 0.126 e. The summed E-state index contributed by atoms with van der Waals surface area (Å²) in [7, 11) is 1.62. The second kappa shape index (κ2) is 7.40. The van der Waals surface area contributed by atoms with Crippen LogP contribution in [0.5, 0.6) is 11.5 Å². The van der Waals surface area contributed by atoms with Gasteiger partial charge in [-0.2, -0.15) is 0 Å². The first-order chi connectivity index (χ1) is 9.79. The number of benzene rings is 2. The van der Waals surface area contributed by atoms with Crippen LogP contribution in [0.2, 0.25) is 0 Å². The summed E-state index contributed by atoms with van der Waals surface area (Å²) in [6.07, 6.45) is 0. The Hall–Kier alpha value is -2.20. The lowest BCUT2D eigenvalue weighted by Gasteiger charge is -2.10. The fraction of sp³-hybridized carbons (Fsp3) is 0.250. The van der Waals surface area contributed by atoms with Gasteiger partial charge in [-0.3, -0.25) is 0 Å². The smallest absolute Gasteiger partial charge is 0.126 e. The van der Waals surface area contributed by atoms with Crippen molar-refractivity contribution >= 4 is 5.69 Å². The molecule has 0 amide bonds. The lowest BCUT2D eigenvalue weighted by atomic mass is 10.2. The maximum atomic E-state index is 5.70. The van der Waals surface area contributed by atoms with Gasteiger partial charge in [-0.05, 0) is 18.2 Å². The van der Waals surface area contributed by atoms with E-state index in [4.69, 9.17) is 19.9 Å². The van der Waals surface area contributed by atoms with E-state index in [0.29, 0.717) is 25.5 Å². The highest BCUT2D eigenvalue weighted by Gasteiger charge is 2.03. The number of hydrogen-bond donors (Lipinski definition) is 1. The van der Waals surface area contributed by atoms with Crippen molar-refractivity contribution in [3.63, 3.8) is 0 Å². The molecule has 0 saturated heterocycles. The molecule has 0 spiro atoms. The molecule has 106 valence electrons. The minimum Gasteiger partial charge on any atom is -0.496 e. The fourth-order valence-electron chi connectivity index (χ4n) is 1.80. The molecule has 0 radical (unpaired) electrons. The van der Waals surface area contributed by atoms with Gasteiger partial charge in [0.05, 0.1) is 20.3 Å². The minimum atomic E-state index is 0.474. The summed E-state index contributed by atoms with van der Waals surface area (Å²) in [6.45, 7) is 1.51. The predicted molar refractivity (Wildman–Crippen MR) is 79.0 cm³/mol. The summed E-state index contributed by atoms with van der Waals surface area (Å²) in [5.41, 5.74) is 7.36. The SMILES string of the molecule is COc1cc(N)ccc1COCCOc1ccccc1. The van der Waals surface area contributed by atoms with E-state index in [9.17, 15) is 0 Å². The number of hydrogen-bond acceptors (Lipinski definition) is 4. The Balaban J connectivity index is 1.73. The molecular formula is C16H19NO3. The number of nitrogen functional groups attached to an aromatic ring is 1.